The Morgan fingerprint density at radius 3 is 2.50 bits per heavy atom. The summed E-state index contributed by atoms with van der Waals surface area (Å²) in [6, 6.07) is 6.63. The number of nitrogens with zero attached hydrogens (tertiary/aromatic N) is 1. The number of amides is 1. The number of ether oxygens (including phenoxy) is 1. The molecule has 0 spiro atoms. The normalized spacial score (nSPS) is 10.6. The van der Waals surface area contributed by atoms with Crippen molar-refractivity contribution in [2.24, 2.45) is 0 Å². The third-order valence-electron chi connectivity index (χ3n) is 2.94. The largest absolute Gasteiger partial charge is 0.482 e. The zero-order chi connectivity index (χ0) is 16.3. The van der Waals surface area contributed by atoms with Gasteiger partial charge in [0.25, 0.3) is 5.91 Å². The van der Waals surface area contributed by atoms with Gasteiger partial charge in [0.2, 0.25) is 0 Å². The van der Waals surface area contributed by atoms with Crippen molar-refractivity contribution in [1.29, 1.82) is 0 Å². The van der Waals surface area contributed by atoms with Crippen molar-refractivity contribution < 1.29 is 13.9 Å². The second-order valence-electron chi connectivity index (χ2n) is 4.75. The van der Waals surface area contributed by atoms with E-state index in [1.54, 1.807) is 7.05 Å². The lowest BCUT2D eigenvalue weighted by molar-refractivity contribution is -0.132. The smallest absolute Gasteiger partial charge is 0.260 e. The third kappa shape index (κ3) is 4.32. The number of likely N-dealkylation sites (N-methyl/N-ethyl adjacent to an activating group) is 1. The van der Waals surface area contributed by atoms with E-state index in [2.05, 4.69) is 0 Å². The molecule has 0 bridgehead atoms. The van der Waals surface area contributed by atoms with E-state index in [1.807, 2.05) is 19.1 Å². The summed E-state index contributed by atoms with van der Waals surface area (Å²) in [5.41, 5.74) is 0. The Balaban J connectivity index is 1.93. The fourth-order valence-electron chi connectivity index (χ4n) is 1.76. The summed E-state index contributed by atoms with van der Waals surface area (Å²) in [6.07, 6.45) is 0. The summed E-state index contributed by atoms with van der Waals surface area (Å²) < 4.78 is 10.8. The zero-order valence-electron chi connectivity index (χ0n) is 12.0. The van der Waals surface area contributed by atoms with Crippen molar-refractivity contribution in [3.63, 3.8) is 0 Å². The molecule has 0 radical (unpaired) electrons. The number of halogens is 3. The molecule has 1 aromatic carbocycles. The Morgan fingerprint density at radius 2 is 1.86 bits per heavy atom. The lowest BCUT2D eigenvalue weighted by Gasteiger charge is -2.16. The van der Waals surface area contributed by atoms with Crippen molar-refractivity contribution >= 4 is 40.7 Å². The van der Waals surface area contributed by atoms with Crippen LogP contribution in [0.3, 0.4) is 0 Å². The minimum absolute atomic E-state index is 0.159. The van der Waals surface area contributed by atoms with Crippen molar-refractivity contribution in [2.45, 2.75) is 13.5 Å². The van der Waals surface area contributed by atoms with Crippen molar-refractivity contribution in [2.75, 3.05) is 13.7 Å². The SMILES string of the molecule is Cc1ccc(CN(C)C(=O)COc2cc(Cl)c(Cl)cc2Cl)o1. The number of rotatable bonds is 5. The van der Waals surface area contributed by atoms with Gasteiger partial charge in [0.1, 0.15) is 17.3 Å². The molecule has 0 saturated carbocycles. The van der Waals surface area contributed by atoms with E-state index < -0.39 is 0 Å². The maximum atomic E-state index is 12.0. The predicted molar refractivity (Wildman–Crippen MR) is 86.9 cm³/mol. The maximum Gasteiger partial charge on any atom is 0.260 e. The lowest BCUT2D eigenvalue weighted by atomic mass is 10.3. The Hall–Kier alpha value is -1.36. The predicted octanol–water partition coefficient (Wildman–Crippen LogP) is 4.59. The van der Waals surface area contributed by atoms with Gasteiger partial charge in [0, 0.05) is 13.1 Å². The van der Waals surface area contributed by atoms with Crippen LogP contribution >= 0.6 is 34.8 Å². The maximum absolute atomic E-state index is 12.0. The van der Waals surface area contributed by atoms with Gasteiger partial charge in [-0.25, -0.2) is 0 Å². The van der Waals surface area contributed by atoms with Crippen LogP contribution in [0.2, 0.25) is 15.1 Å². The molecule has 1 amide bonds. The highest BCUT2D eigenvalue weighted by Gasteiger charge is 2.14. The summed E-state index contributed by atoms with van der Waals surface area (Å²) in [6.45, 7) is 2.06. The first-order valence-corrected chi connectivity index (χ1v) is 7.57. The van der Waals surface area contributed by atoms with Crippen LogP contribution < -0.4 is 4.74 Å². The fraction of sp³-hybridized carbons (Fsp3) is 0.267. The number of hydrogen-bond donors (Lipinski definition) is 0. The molecule has 2 rings (SSSR count). The molecular formula is C15H14Cl3NO3. The van der Waals surface area contributed by atoms with Crippen LogP contribution in [0.5, 0.6) is 5.75 Å². The number of carbonyl (C=O) groups excluding carboxylic acids is 1. The van der Waals surface area contributed by atoms with E-state index in [0.717, 1.165) is 5.76 Å². The van der Waals surface area contributed by atoms with Crippen LogP contribution in [-0.4, -0.2) is 24.5 Å². The lowest BCUT2D eigenvalue weighted by Crippen LogP contribution is -2.30. The van der Waals surface area contributed by atoms with E-state index in [-0.39, 0.29) is 12.5 Å². The molecule has 0 unspecified atom stereocenters. The van der Waals surface area contributed by atoms with Crippen LogP contribution in [0.1, 0.15) is 11.5 Å². The second-order valence-corrected chi connectivity index (χ2v) is 5.97. The van der Waals surface area contributed by atoms with E-state index in [1.165, 1.54) is 17.0 Å². The highest BCUT2D eigenvalue weighted by molar-refractivity contribution is 6.43. The highest BCUT2D eigenvalue weighted by atomic mass is 35.5. The van der Waals surface area contributed by atoms with Crippen molar-refractivity contribution in [3.05, 3.63) is 50.9 Å². The molecule has 1 aromatic heterocycles. The molecular weight excluding hydrogens is 349 g/mol. The first-order chi connectivity index (χ1) is 10.4. The molecule has 0 fully saturated rings. The average molecular weight is 363 g/mol. The quantitative estimate of drug-likeness (QED) is 0.731. The van der Waals surface area contributed by atoms with Gasteiger partial charge in [0.05, 0.1) is 21.6 Å². The molecule has 0 atom stereocenters. The topological polar surface area (TPSA) is 42.7 Å². The molecule has 22 heavy (non-hydrogen) atoms. The standard InChI is InChI=1S/C15H14Cl3NO3/c1-9-3-4-10(22-9)7-19(2)15(20)8-21-14-6-12(17)11(16)5-13(14)18/h3-6H,7-8H2,1-2H3. The number of benzene rings is 1. The summed E-state index contributed by atoms with van der Waals surface area (Å²) in [5.74, 6) is 1.61. The molecule has 0 N–H and O–H groups in total. The summed E-state index contributed by atoms with van der Waals surface area (Å²) in [7, 11) is 1.67. The summed E-state index contributed by atoms with van der Waals surface area (Å²) >= 11 is 17.7. The Kier molecular flexibility index (Phi) is 5.62. The number of furan rings is 1. The minimum Gasteiger partial charge on any atom is -0.482 e. The Morgan fingerprint density at radius 1 is 1.18 bits per heavy atom. The molecule has 0 saturated heterocycles. The summed E-state index contributed by atoms with van der Waals surface area (Å²) in [5, 5.41) is 0.940. The van der Waals surface area contributed by atoms with Gasteiger partial charge >= 0.3 is 0 Å². The second kappa shape index (κ2) is 7.27. The minimum atomic E-state index is -0.212. The van der Waals surface area contributed by atoms with E-state index >= 15 is 0 Å². The highest BCUT2D eigenvalue weighted by Crippen LogP contribution is 2.33. The molecule has 2 aromatic rings. The molecule has 118 valence electrons. The Bertz CT molecular complexity index is 685. The van der Waals surface area contributed by atoms with Crippen LogP contribution in [0, 0.1) is 6.92 Å². The van der Waals surface area contributed by atoms with Gasteiger partial charge in [-0.05, 0) is 25.1 Å². The fourth-order valence-corrected chi connectivity index (χ4v) is 2.35. The van der Waals surface area contributed by atoms with Gasteiger partial charge in [-0.15, -0.1) is 0 Å². The van der Waals surface area contributed by atoms with Gasteiger partial charge in [-0.2, -0.15) is 0 Å². The molecule has 0 aliphatic rings. The first-order valence-electron chi connectivity index (χ1n) is 6.43. The molecule has 0 aliphatic heterocycles. The van der Waals surface area contributed by atoms with Crippen molar-refractivity contribution in [1.82, 2.24) is 4.90 Å². The molecule has 4 nitrogen and oxygen atoms in total. The molecule has 7 heteroatoms. The Labute approximate surface area is 143 Å². The van der Waals surface area contributed by atoms with Gasteiger partial charge < -0.3 is 14.1 Å². The number of hydrogen-bond acceptors (Lipinski definition) is 3. The van der Waals surface area contributed by atoms with Crippen LogP contribution in [-0.2, 0) is 11.3 Å². The zero-order valence-corrected chi connectivity index (χ0v) is 14.3. The van der Waals surface area contributed by atoms with Gasteiger partial charge in [0.15, 0.2) is 6.61 Å². The third-order valence-corrected chi connectivity index (χ3v) is 3.96. The van der Waals surface area contributed by atoms with Crippen molar-refractivity contribution in [3.8, 4) is 5.75 Å². The van der Waals surface area contributed by atoms with E-state index in [4.69, 9.17) is 44.0 Å². The average Bonchev–Trinajstić information content (AvgIpc) is 2.86. The first kappa shape index (κ1) is 17.0. The monoisotopic (exact) mass is 361 g/mol. The number of aryl methyl sites for hydroxylation is 1. The molecule has 0 aliphatic carbocycles. The molecule has 1 heterocycles. The van der Waals surface area contributed by atoms with Gasteiger partial charge in [-0.3, -0.25) is 4.79 Å². The summed E-state index contributed by atoms with van der Waals surface area (Å²) in [4.78, 5) is 13.6. The van der Waals surface area contributed by atoms with Crippen LogP contribution in [0.15, 0.2) is 28.7 Å². The van der Waals surface area contributed by atoms with Crippen LogP contribution in [0.4, 0.5) is 0 Å². The van der Waals surface area contributed by atoms with E-state index in [0.29, 0.717) is 33.1 Å². The van der Waals surface area contributed by atoms with Crippen LogP contribution in [0.25, 0.3) is 0 Å². The van der Waals surface area contributed by atoms with Gasteiger partial charge in [-0.1, -0.05) is 34.8 Å². The van der Waals surface area contributed by atoms with E-state index in [9.17, 15) is 4.79 Å². The number of carbonyl (C=O) groups is 1.